The van der Waals surface area contributed by atoms with Crippen LogP contribution in [0, 0.1) is 22.7 Å². The molecule has 0 radical (unpaired) electrons. The van der Waals surface area contributed by atoms with Gasteiger partial charge in [0.2, 0.25) is 0 Å². The average Bonchev–Trinajstić information content (AvgIpc) is 2.34. The largest absolute Gasteiger partial charge is 0.362 e. The summed E-state index contributed by atoms with van der Waals surface area (Å²) in [6.07, 6.45) is -1.14. The summed E-state index contributed by atoms with van der Waals surface area (Å²) in [4.78, 5) is 0. The monoisotopic (exact) mass is 216 g/mol. The van der Waals surface area contributed by atoms with Gasteiger partial charge in [-0.15, -0.1) is 0 Å². The van der Waals surface area contributed by atoms with Gasteiger partial charge in [-0.05, 0) is 11.1 Å². The molecule has 16 heavy (non-hydrogen) atoms. The van der Waals surface area contributed by atoms with Crippen molar-refractivity contribution in [3.63, 3.8) is 0 Å². The quantitative estimate of drug-likeness (QED) is 0.773. The number of benzene rings is 1. The van der Waals surface area contributed by atoms with Gasteiger partial charge in [0.1, 0.15) is 0 Å². The molecule has 82 valence electrons. The first-order valence-electron chi connectivity index (χ1n) is 4.71. The van der Waals surface area contributed by atoms with Crippen molar-refractivity contribution in [2.24, 2.45) is 0 Å². The summed E-state index contributed by atoms with van der Waals surface area (Å²) in [6.45, 7) is 0. The van der Waals surface area contributed by atoms with E-state index in [2.05, 4.69) is 0 Å². The first kappa shape index (κ1) is 12.2. The van der Waals surface area contributed by atoms with Crippen molar-refractivity contribution in [3.05, 3.63) is 35.4 Å². The van der Waals surface area contributed by atoms with Crippen molar-refractivity contribution in [2.75, 3.05) is 14.2 Å². The highest BCUT2D eigenvalue weighted by molar-refractivity contribution is 5.30. The molecule has 0 heterocycles. The molecule has 2 unspecified atom stereocenters. The fourth-order valence-electron chi connectivity index (χ4n) is 1.37. The fraction of sp³-hybridized carbons (Fsp3) is 0.333. The summed E-state index contributed by atoms with van der Waals surface area (Å²) < 4.78 is 9.96. The zero-order valence-corrected chi connectivity index (χ0v) is 9.18. The predicted octanol–water partition coefficient (Wildman–Crippen LogP) is 2.11. The van der Waals surface area contributed by atoms with E-state index < -0.39 is 12.2 Å². The van der Waals surface area contributed by atoms with Crippen LogP contribution in [0.5, 0.6) is 0 Å². The minimum atomic E-state index is -0.572. The SMILES string of the molecule is COC(C#N)c1ccc(C(C#N)OC)cc1. The van der Waals surface area contributed by atoms with Crippen LogP contribution < -0.4 is 0 Å². The summed E-state index contributed by atoms with van der Waals surface area (Å²) in [5.41, 5.74) is 1.53. The Morgan fingerprint density at radius 3 is 1.38 bits per heavy atom. The molecule has 0 N–H and O–H groups in total. The van der Waals surface area contributed by atoms with Gasteiger partial charge >= 0.3 is 0 Å². The Morgan fingerprint density at radius 2 is 1.19 bits per heavy atom. The third kappa shape index (κ3) is 2.58. The molecule has 2 atom stereocenters. The second-order valence-corrected chi connectivity index (χ2v) is 3.16. The Hall–Kier alpha value is -1.88. The molecule has 0 spiro atoms. The van der Waals surface area contributed by atoms with E-state index in [1.165, 1.54) is 14.2 Å². The van der Waals surface area contributed by atoms with Crippen LogP contribution in [-0.2, 0) is 9.47 Å². The van der Waals surface area contributed by atoms with Crippen LogP contribution >= 0.6 is 0 Å². The zero-order valence-electron chi connectivity index (χ0n) is 9.18. The van der Waals surface area contributed by atoms with Crippen LogP contribution in [0.1, 0.15) is 23.3 Å². The molecule has 1 aromatic carbocycles. The first-order chi connectivity index (χ1) is 7.76. The normalized spacial score (nSPS) is 13.5. The second kappa shape index (κ2) is 5.87. The van der Waals surface area contributed by atoms with Crippen LogP contribution in [0.25, 0.3) is 0 Å². The highest BCUT2D eigenvalue weighted by atomic mass is 16.5. The third-order valence-electron chi connectivity index (χ3n) is 2.25. The molecule has 0 saturated carbocycles. The lowest BCUT2D eigenvalue weighted by atomic mass is 10.0. The summed E-state index contributed by atoms with van der Waals surface area (Å²) in [5, 5.41) is 17.6. The number of ether oxygens (including phenoxy) is 2. The van der Waals surface area contributed by atoms with E-state index in [9.17, 15) is 0 Å². The zero-order chi connectivity index (χ0) is 12.0. The fourth-order valence-corrected chi connectivity index (χ4v) is 1.37. The topological polar surface area (TPSA) is 66.0 Å². The molecular formula is C12H12N2O2. The highest BCUT2D eigenvalue weighted by Gasteiger charge is 2.11. The van der Waals surface area contributed by atoms with E-state index >= 15 is 0 Å². The minimum absolute atomic E-state index is 0.572. The third-order valence-corrected chi connectivity index (χ3v) is 2.25. The van der Waals surface area contributed by atoms with E-state index in [-0.39, 0.29) is 0 Å². The standard InChI is InChI=1S/C12H12N2O2/c1-15-11(7-13)9-3-5-10(6-4-9)12(8-14)16-2/h3-6,11-12H,1-2H3. The summed E-state index contributed by atoms with van der Waals surface area (Å²) in [6, 6.07) is 11.1. The number of hydrogen-bond donors (Lipinski definition) is 0. The van der Waals surface area contributed by atoms with Gasteiger partial charge in [0, 0.05) is 14.2 Å². The smallest absolute Gasteiger partial charge is 0.168 e. The Bertz CT molecular complexity index is 373. The summed E-state index contributed by atoms with van der Waals surface area (Å²) in [7, 11) is 2.96. The molecule has 0 aliphatic carbocycles. The molecule has 1 rings (SSSR count). The van der Waals surface area contributed by atoms with E-state index in [4.69, 9.17) is 20.0 Å². The van der Waals surface area contributed by atoms with Crippen molar-refractivity contribution in [1.29, 1.82) is 10.5 Å². The van der Waals surface area contributed by atoms with Crippen LogP contribution in [-0.4, -0.2) is 14.2 Å². The van der Waals surface area contributed by atoms with Crippen molar-refractivity contribution in [3.8, 4) is 12.1 Å². The van der Waals surface area contributed by atoms with Crippen LogP contribution in [0.3, 0.4) is 0 Å². The number of hydrogen-bond acceptors (Lipinski definition) is 4. The van der Waals surface area contributed by atoms with Gasteiger partial charge in [0.25, 0.3) is 0 Å². The summed E-state index contributed by atoms with van der Waals surface area (Å²) >= 11 is 0. The Labute approximate surface area is 94.6 Å². The minimum Gasteiger partial charge on any atom is -0.362 e. The number of nitrogens with zero attached hydrogens (tertiary/aromatic N) is 2. The maximum atomic E-state index is 8.80. The van der Waals surface area contributed by atoms with E-state index in [1.807, 2.05) is 12.1 Å². The predicted molar refractivity (Wildman–Crippen MR) is 57.2 cm³/mol. The van der Waals surface area contributed by atoms with E-state index in [0.717, 1.165) is 11.1 Å². The molecule has 4 nitrogen and oxygen atoms in total. The maximum absolute atomic E-state index is 8.80. The van der Waals surface area contributed by atoms with Crippen molar-refractivity contribution in [2.45, 2.75) is 12.2 Å². The second-order valence-electron chi connectivity index (χ2n) is 3.16. The number of rotatable bonds is 4. The number of nitriles is 2. The van der Waals surface area contributed by atoms with Crippen LogP contribution in [0.15, 0.2) is 24.3 Å². The Kier molecular flexibility index (Phi) is 4.47. The van der Waals surface area contributed by atoms with Gasteiger partial charge < -0.3 is 9.47 Å². The molecule has 0 aromatic heterocycles. The average molecular weight is 216 g/mol. The van der Waals surface area contributed by atoms with Crippen molar-refractivity contribution < 1.29 is 9.47 Å². The van der Waals surface area contributed by atoms with E-state index in [0.29, 0.717) is 0 Å². The van der Waals surface area contributed by atoms with E-state index in [1.54, 1.807) is 24.3 Å². The molecule has 0 bridgehead atoms. The molecule has 0 aliphatic heterocycles. The van der Waals surface area contributed by atoms with Gasteiger partial charge in [0.15, 0.2) is 12.2 Å². The number of methoxy groups -OCH3 is 2. The highest BCUT2D eigenvalue weighted by Crippen LogP contribution is 2.20. The molecular weight excluding hydrogens is 204 g/mol. The van der Waals surface area contributed by atoms with Gasteiger partial charge in [0.05, 0.1) is 12.1 Å². The first-order valence-corrected chi connectivity index (χ1v) is 4.71. The molecule has 1 aromatic rings. The lowest BCUT2D eigenvalue weighted by Gasteiger charge is -2.10. The van der Waals surface area contributed by atoms with Crippen molar-refractivity contribution in [1.82, 2.24) is 0 Å². The lowest BCUT2D eigenvalue weighted by Crippen LogP contribution is -2.01. The molecule has 0 aliphatic rings. The molecule has 0 saturated heterocycles. The summed E-state index contributed by atoms with van der Waals surface area (Å²) in [5.74, 6) is 0. The van der Waals surface area contributed by atoms with Crippen LogP contribution in [0.4, 0.5) is 0 Å². The van der Waals surface area contributed by atoms with Gasteiger partial charge in [-0.1, -0.05) is 24.3 Å². The molecule has 4 heteroatoms. The lowest BCUT2D eigenvalue weighted by molar-refractivity contribution is 0.146. The molecule has 0 amide bonds. The van der Waals surface area contributed by atoms with Crippen LogP contribution in [0.2, 0.25) is 0 Å². The van der Waals surface area contributed by atoms with Gasteiger partial charge in [-0.25, -0.2) is 0 Å². The molecule has 0 fully saturated rings. The maximum Gasteiger partial charge on any atom is 0.168 e. The Morgan fingerprint density at radius 1 is 0.875 bits per heavy atom. The van der Waals surface area contributed by atoms with Gasteiger partial charge in [-0.2, -0.15) is 10.5 Å². The van der Waals surface area contributed by atoms with Crippen molar-refractivity contribution >= 4 is 0 Å². The van der Waals surface area contributed by atoms with Gasteiger partial charge in [-0.3, -0.25) is 0 Å². The Balaban J connectivity index is 2.92.